The van der Waals surface area contributed by atoms with Crippen LogP contribution >= 0.6 is 0 Å². The van der Waals surface area contributed by atoms with Crippen molar-refractivity contribution in [2.24, 2.45) is 5.73 Å². The highest BCUT2D eigenvalue weighted by atomic mass is 16.2. The third-order valence-corrected chi connectivity index (χ3v) is 3.58. The van der Waals surface area contributed by atoms with Gasteiger partial charge in [-0.1, -0.05) is 24.3 Å². The molecule has 0 bridgehead atoms. The van der Waals surface area contributed by atoms with Gasteiger partial charge in [0.2, 0.25) is 0 Å². The third kappa shape index (κ3) is 3.06. The molecule has 0 radical (unpaired) electrons. The first kappa shape index (κ1) is 14.8. The van der Waals surface area contributed by atoms with Crippen LogP contribution in [0, 0.1) is 6.92 Å². The maximum absolute atomic E-state index is 12.4. The van der Waals surface area contributed by atoms with Gasteiger partial charge in [-0.05, 0) is 36.8 Å². The Morgan fingerprint density at radius 2 is 1.87 bits per heavy atom. The van der Waals surface area contributed by atoms with Gasteiger partial charge in [-0.15, -0.1) is 0 Å². The number of nitrogens with two attached hydrogens (primary N) is 1. The van der Waals surface area contributed by atoms with Crippen molar-refractivity contribution in [2.75, 3.05) is 5.32 Å². The lowest BCUT2D eigenvalue weighted by atomic mass is 10.2. The van der Waals surface area contributed by atoms with E-state index >= 15 is 0 Å². The number of carbonyl (C=O) groups is 1. The number of nitrogens with one attached hydrogen (secondary N) is 1. The van der Waals surface area contributed by atoms with Gasteiger partial charge in [0.05, 0.1) is 17.6 Å². The van der Waals surface area contributed by atoms with E-state index in [-0.39, 0.29) is 5.56 Å². The molecule has 0 unspecified atom stereocenters. The Hall–Kier alpha value is -3.15. The molecule has 0 aliphatic carbocycles. The number of fused-ring (bicyclic) bond motifs is 1. The van der Waals surface area contributed by atoms with Crippen molar-refractivity contribution in [1.29, 1.82) is 0 Å². The smallest absolute Gasteiger partial charge is 0.316 e. The molecule has 1 heterocycles. The first-order valence-corrected chi connectivity index (χ1v) is 7.16. The molecule has 6 nitrogen and oxygen atoms in total. The summed E-state index contributed by atoms with van der Waals surface area (Å²) in [5.41, 5.74) is 8.58. The van der Waals surface area contributed by atoms with Gasteiger partial charge in [-0.3, -0.25) is 4.79 Å². The number of para-hydroxylation sites is 2. The van der Waals surface area contributed by atoms with E-state index in [2.05, 4.69) is 10.3 Å². The second-order valence-electron chi connectivity index (χ2n) is 5.26. The Balaban J connectivity index is 2.00. The van der Waals surface area contributed by atoms with Crippen LogP contribution in [0.2, 0.25) is 0 Å². The van der Waals surface area contributed by atoms with Gasteiger partial charge < -0.3 is 15.6 Å². The van der Waals surface area contributed by atoms with Crippen LogP contribution in [-0.4, -0.2) is 15.6 Å². The maximum Gasteiger partial charge on any atom is 0.316 e. The molecule has 3 rings (SSSR count). The Morgan fingerprint density at radius 1 is 1.17 bits per heavy atom. The standard InChI is InChI=1S/C17H16N4O2/c1-11-16(22)21(15-5-3-2-4-14(15)19-11)10-12-6-8-13(9-7-12)20-17(18)23/h2-9H,10H2,1H3,(H3,18,20,23). The average Bonchev–Trinajstić information content (AvgIpc) is 2.53. The van der Waals surface area contributed by atoms with E-state index in [1.807, 2.05) is 36.4 Å². The summed E-state index contributed by atoms with van der Waals surface area (Å²) in [6, 6.07) is 14.1. The summed E-state index contributed by atoms with van der Waals surface area (Å²) in [4.78, 5) is 27.6. The molecule has 0 aliphatic rings. The van der Waals surface area contributed by atoms with Crippen LogP contribution in [0.3, 0.4) is 0 Å². The first-order chi connectivity index (χ1) is 11.0. The summed E-state index contributed by atoms with van der Waals surface area (Å²) in [7, 11) is 0. The van der Waals surface area contributed by atoms with Crippen LogP contribution in [0.15, 0.2) is 53.3 Å². The summed E-state index contributed by atoms with van der Waals surface area (Å²) in [6.45, 7) is 2.14. The van der Waals surface area contributed by atoms with Crippen molar-refractivity contribution in [3.05, 3.63) is 70.1 Å². The molecule has 23 heavy (non-hydrogen) atoms. The maximum atomic E-state index is 12.4. The van der Waals surface area contributed by atoms with E-state index in [9.17, 15) is 9.59 Å². The number of aryl methyl sites for hydroxylation is 1. The predicted molar refractivity (Wildman–Crippen MR) is 89.5 cm³/mol. The van der Waals surface area contributed by atoms with Crippen molar-refractivity contribution in [3.8, 4) is 0 Å². The fourth-order valence-corrected chi connectivity index (χ4v) is 2.50. The molecule has 0 saturated heterocycles. The summed E-state index contributed by atoms with van der Waals surface area (Å²) in [5, 5.41) is 2.51. The number of urea groups is 1. The molecule has 3 N–H and O–H groups in total. The van der Waals surface area contributed by atoms with Crippen LogP contribution < -0.4 is 16.6 Å². The molecule has 116 valence electrons. The van der Waals surface area contributed by atoms with Crippen LogP contribution in [0.4, 0.5) is 10.5 Å². The monoisotopic (exact) mass is 308 g/mol. The number of aromatic nitrogens is 2. The second kappa shape index (κ2) is 5.92. The summed E-state index contributed by atoms with van der Waals surface area (Å²) in [5.74, 6) is 0. The normalized spacial score (nSPS) is 10.7. The van der Waals surface area contributed by atoms with Gasteiger partial charge >= 0.3 is 6.03 Å². The zero-order valence-corrected chi connectivity index (χ0v) is 12.6. The minimum Gasteiger partial charge on any atom is -0.351 e. The molecule has 0 saturated carbocycles. The lowest BCUT2D eigenvalue weighted by Crippen LogP contribution is -2.24. The molecule has 6 heteroatoms. The zero-order chi connectivity index (χ0) is 16.4. The van der Waals surface area contributed by atoms with E-state index in [0.29, 0.717) is 17.9 Å². The van der Waals surface area contributed by atoms with Gasteiger partial charge in [0.1, 0.15) is 5.69 Å². The Labute approximate surface area is 132 Å². The van der Waals surface area contributed by atoms with Gasteiger partial charge in [0.15, 0.2) is 0 Å². The summed E-state index contributed by atoms with van der Waals surface area (Å²) < 4.78 is 1.70. The summed E-state index contributed by atoms with van der Waals surface area (Å²) in [6.07, 6.45) is 0. The van der Waals surface area contributed by atoms with E-state index < -0.39 is 6.03 Å². The van der Waals surface area contributed by atoms with Crippen molar-refractivity contribution in [2.45, 2.75) is 13.5 Å². The predicted octanol–water partition coefficient (Wildman–Crippen LogP) is 2.24. The molecular formula is C17H16N4O2. The topological polar surface area (TPSA) is 90.0 Å². The Bertz CT molecular complexity index is 929. The number of benzene rings is 2. The highest BCUT2D eigenvalue weighted by molar-refractivity contribution is 5.87. The molecule has 3 aromatic rings. The fraction of sp³-hybridized carbons (Fsp3) is 0.118. The van der Waals surface area contributed by atoms with Crippen LogP contribution in [0.1, 0.15) is 11.3 Å². The Morgan fingerprint density at radius 3 is 2.57 bits per heavy atom. The van der Waals surface area contributed by atoms with Gasteiger partial charge in [0, 0.05) is 5.69 Å². The van der Waals surface area contributed by atoms with E-state index in [0.717, 1.165) is 16.6 Å². The van der Waals surface area contributed by atoms with Crippen LogP contribution in [-0.2, 0) is 6.54 Å². The number of amides is 2. The van der Waals surface area contributed by atoms with Gasteiger partial charge in [-0.2, -0.15) is 0 Å². The highest BCUT2D eigenvalue weighted by Crippen LogP contribution is 2.14. The van der Waals surface area contributed by atoms with E-state index in [1.54, 1.807) is 23.6 Å². The number of nitrogens with zero attached hydrogens (tertiary/aromatic N) is 2. The molecular weight excluding hydrogens is 292 g/mol. The number of hydrogen-bond acceptors (Lipinski definition) is 3. The summed E-state index contributed by atoms with van der Waals surface area (Å²) >= 11 is 0. The third-order valence-electron chi connectivity index (χ3n) is 3.58. The quantitative estimate of drug-likeness (QED) is 0.777. The van der Waals surface area contributed by atoms with E-state index in [4.69, 9.17) is 5.73 Å². The molecule has 2 amide bonds. The number of rotatable bonds is 3. The van der Waals surface area contributed by atoms with E-state index in [1.165, 1.54) is 0 Å². The SMILES string of the molecule is Cc1nc2ccccc2n(Cc2ccc(NC(N)=O)cc2)c1=O. The van der Waals surface area contributed by atoms with Gasteiger partial charge in [0.25, 0.3) is 5.56 Å². The molecule has 0 aliphatic heterocycles. The Kier molecular flexibility index (Phi) is 3.80. The molecule has 0 atom stereocenters. The molecule has 0 spiro atoms. The van der Waals surface area contributed by atoms with Crippen molar-refractivity contribution < 1.29 is 4.79 Å². The number of primary amides is 1. The largest absolute Gasteiger partial charge is 0.351 e. The fourth-order valence-electron chi connectivity index (χ4n) is 2.50. The number of hydrogen-bond donors (Lipinski definition) is 2. The van der Waals surface area contributed by atoms with Crippen LogP contribution in [0.5, 0.6) is 0 Å². The molecule has 1 aromatic heterocycles. The first-order valence-electron chi connectivity index (χ1n) is 7.16. The molecule has 2 aromatic carbocycles. The lowest BCUT2D eigenvalue weighted by Gasteiger charge is -2.11. The molecule has 0 fully saturated rings. The zero-order valence-electron chi connectivity index (χ0n) is 12.6. The van der Waals surface area contributed by atoms with Crippen molar-refractivity contribution >= 4 is 22.8 Å². The minimum atomic E-state index is -0.607. The van der Waals surface area contributed by atoms with Gasteiger partial charge in [-0.25, -0.2) is 9.78 Å². The van der Waals surface area contributed by atoms with Crippen molar-refractivity contribution in [3.63, 3.8) is 0 Å². The number of carbonyl (C=O) groups excluding carboxylic acids is 1. The number of anilines is 1. The lowest BCUT2D eigenvalue weighted by molar-refractivity contribution is 0.259. The van der Waals surface area contributed by atoms with Crippen LogP contribution in [0.25, 0.3) is 11.0 Å². The highest BCUT2D eigenvalue weighted by Gasteiger charge is 2.08. The average molecular weight is 308 g/mol. The van der Waals surface area contributed by atoms with Crippen molar-refractivity contribution in [1.82, 2.24) is 9.55 Å². The second-order valence-corrected chi connectivity index (χ2v) is 5.26. The minimum absolute atomic E-state index is 0.108.